The predicted octanol–water partition coefficient (Wildman–Crippen LogP) is 0.248. The smallest absolute Gasteiger partial charge is 0.106 e. The SMILES string of the molecule is CN[C@@H]1CCN(C)[C@@H]1CF. The second kappa shape index (κ2) is 3.30. The van der Waals surface area contributed by atoms with E-state index < -0.39 is 0 Å². The minimum absolute atomic E-state index is 0.102. The highest BCUT2D eigenvalue weighted by Gasteiger charge is 2.29. The van der Waals surface area contributed by atoms with Crippen molar-refractivity contribution < 1.29 is 4.39 Å². The van der Waals surface area contributed by atoms with Crippen LogP contribution < -0.4 is 5.32 Å². The molecule has 60 valence electrons. The molecule has 0 unspecified atom stereocenters. The largest absolute Gasteiger partial charge is 0.315 e. The van der Waals surface area contributed by atoms with Crippen LogP contribution in [0.15, 0.2) is 0 Å². The fourth-order valence-corrected chi connectivity index (χ4v) is 1.57. The van der Waals surface area contributed by atoms with Crippen LogP contribution in [0, 0.1) is 0 Å². The van der Waals surface area contributed by atoms with E-state index in [1.165, 1.54) is 0 Å². The van der Waals surface area contributed by atoms with Gasteiger partial charge in [-0.3, -0.25) is 4.90 Å². The van der Waals surface area contributed by atoms with Gasteiger partial charge in [0.1, 0.15) is 6.67 Å². The highest BCUT2D eigenvalue weighted by Crippen LogP contribution is 2.15. The summed E-state index contributed by atoms with van der Waals surface area (Å²) in [5.74, 6) is 0. The van der Waals surface area contributed by atoms with E-state index in [1.54, 1.807) is 0 Å². The van der Waals surface area contributed by atoms with Gasteiger partial charge in [0, 0.05) is 6.04 Å². The fourth-order valence-electron chi connectivity index (χ4n) is 1.57. The Morgan fingerprint density at radius 3 is 2.80 bits per heavy atom. The average molecular weight is 146 g/mol. The van der Waals surface area contributed by atoms with Gasteiger partial charge in [-0.1, -0.05) is 0 Å². The summed E-state index contributed by atoms with van der Waals surface area (Å²) in [4.78, 5) is 2.07. The van der Waals surface area contributed by atoms with Crippen molar-refractivity contribution in [1.29, 1.82) is 0 Å². The highest BCUT2D eigenvalue weighted by molar-refractivity contribution is 4.88. The van der Waals surface area contributed by atoms with Gasteiger partial charge in [0.15, 0.2) is 0 Å². The molecule has 0 aromatic rings. The molecule has 0 aromatic heterocycles. The van der Waals surface area contributed by atoms with Crippen LogP contribution in [0.3, 0.4) is 0 Å². The number of alkyl halides is 1. The summed E-state index contributed by atoms with van der Waals surface area (Å²) in [5.41, 5.74) is 0. The minimum atomic E-state index is -0.234. The molecule has 2 nitrogen and oxygen atoms in total. The van der Waals surface area contributed by atoms with Gasteiger partial charge in [0.25, 0.3) is 0 Å². The number of halogens is 1. The van der Waals surface area contributed by atoms with E-state index in [1.807, 2.05) is 14.1 Å². The molecule has 1 rings (SSSR count). The van der Waals surface area contributed by atoms with E-state index in [-0.39, 0.29) is 12.7 Å². The van der Waals surface area contributed by atoms with Gasteiger partial charge in [-0.05, 0) is 27.1 Å². The summed E-state index contributed by atoms with van der Waals surface area (Å²) in [6.45, 7) is 0.780. The molecule has 0 spiro atoms. The van der Waals surface area contributed by atoms with E-state index in [4.69, 9.17) is 0 Å². The van der Waals surface area contributed by atoms with Crippen LogP contribution in [0.5, 0.6) is 0 Å². The van der Waals surface area contributed by atoms with E-state index >= 15 is 0 Å². The maximum Gasteiger partial charge on any atom is 0.106 e. The summed E-state index contributed by atoms with van der Waals surface area (Å²) in [6.07, 6.45) is 1.07. The number of likely N-dealkylation sites (tertiary alicyclic amines) is 1. The number of hydrogen-bond acceptors (Lipinski definition) is 2. The van der Waals surface area contributed by atoms with Crippen molar-refractivity contribution in [3.05, 3.63) is 0 Å². The van der Waals surface area contributed by atoms with Crippen molar-refractivity contribution in [2.45, 2.75) is 18.5 Å². The molecule has 0 saturated carbocycles. The molecule has 1 saturated heterocycles. The number of nitrogens with zero attached hydrogens (tertiary/aromatic N) is 1. The van der Waals surface area contributed by atoms with Crippen molar-refractivity contribution in [2.75, 3.05) is 27.3 Å². The Bertz CT molecular complexity index is 108. The van der Waals surface area contributed by atoms with Crippen molar-refractivity contribution in [3.8, 4) is 0 Å². The molecule has 2 atom stereocenters. The molecule has 0 radical (unpaired) electrons. The van der Waals surface area contributed by atoms with Crippen molar-refractivity contribution in [1.82, 2.24) is 10.2 Å². The summed E-state index contributed by atoms with van der Waals surface area (Å²) >= 11 is 0. The lowest BCUT2D eigenvalue weighted by Crippen LogP contribution is -2.40. The van der Waals surface area contributed by atoms with Crippen molar-refractivity contribution in [3.63, 3.8) is 0 Å². The quantitative estimate of drug-likeness (QED) is 0.600. The van der Waals surface area contributed by atoms with Crippen LogP contribution in [-0.2, 0) is 0 Å². The summed E-state index contributed by atoms with van der Waals surface area (Å²) < 4.78 is 12.3. The maximum absolute atomic E-state index is 12.3. The van der Waals surface area contributed by atoms with Gasteiger partial charge in [-0.2, -0.15) is 0 Å². The second-order valence-electron chi connectivity index (χ2n) is 2.89. The molecule has 3 heteroatoms. The zero-order valence-electron chi connectivity index (χ0n) is 6.60. The summed E-state index contributed by atoms with van der Waals surface area (Å²) in [5, 5.41) is 3.11. The predicted molar refractivity (Wildman–Crippen MR) is 39.9 cm³/mol. The normalized spacial score (nSPS) is 35.1. The van der Waals surface area contributed by atoms with Gasteiger partial charge >= 0.3 is 0 Å². The lowest BCUT2D eigenvalue weighted by Gasteiger charge is -2.20. The Labute approximate surface area is 61.4 Å². The summed E-state index contributed by atoms with van der Waals surface area (Å²) in [6, 6.07) is 0.458. The monoisotopic (exact) mass is 146 g/mol. The topological polar surface area (TPSA) is 15.3 Å². The van der Waals surface area contributed by atoms with Gasteiger partial charge in [0.2, 0.25) is 0 Å². The van der Waals surface area contributed by atoms with Gasteiger partial charge in [-0.15, -0.1) is 0 Å². The number of likely N-dealkylation sites (N-methyl/N-ethyl adjacent to an activating group) is 2. The number of nitrogens with one attached hydrogen (secondary N) is 1. The third-order valence-electron chi connectivity index (χ3n) is 2.35. The highest BCUT2D eigenvalue weighted by atomic mass is 19.1. The molecule has 1 N–H and O–H groups in total. The van der Waals surface area contributed by atoms with Crippen LogP contribution >= 0.6 is 0 Å². The van der Waals surface area contributed by atoms with Gasteiger partial charge in [0.05, 0.1) is 6.04 Å². The molecule has 0 bridgehead atoms. The molecule has 1 aliphatic heterocycles. The van der Waals surface area contributed by atoms with Crippen molar-refractivity contribution in [2.24, 2.45) is 0 Å². The Balaban J connectivity index is 2.45. The fraction of sp³-hybridized carbons (Fsp3) is 1.00. The Morgan fingerprint density at radius 2 is 2.40 bits per heavy atom. The Hall–Kier alpha value is -0.150. The minimum Gasteiger partial charge on any atom is -0.315 e. The Morgan fingerprint density at radius 1 is 1.70 bits per heavy atom. The molecule has 1 aliphatic rings. The lowest BCUT2D eigenvalue weighted by atomic mass is 10.1. The number of hydrogen-bond donors (Lipinski definition) is 1. The third-order valence-corrected chi connectivity index (χ3v) is 2.35. The van der Waals surface area contributed by atoms with Gasteiger partial charge in [-0.25, -0.2) is 4.39 Å². The van der Waals surface area contributed by atoms with Crippen molar-refractivity contribution >= 4 is 0 Å². The molecular weight excluding hydrogens is 131 g/mol. The summed E-state index contributed by atoms with van der Waals surface area (Å²) in [7, 11) is 3.87. The van der Waals surface area contributed by atoms with Crippen LogP contribution in [0.25, 0.3) is 0 Å². The molecule has 10 heavy (non-hydrogen) atoms. The lowest BCUT2D eigenvalue weighted by molar-refractivity contribution is 0.234. The van der Waals surface area contributed by atoms with E-state index in [9.17, 15) is 4.39 Å². The molecule has 1 heterocycles. The first-order valence-corrected chi connectivity index (χ1v) is 3.73. The van der Waals surface area contributed by atoms with E-state index in [0.717, 1.165) is 13.0 Å². The second-order valence-corrected chi connectivity index (χ2v) is 2.89. The van der Waals surface area contributed by atoms with Crippen LogP contribution in [-0.4, -0.2) is 44.3 Å². The molecular formula is C7H15FN2. The van der Waals surface area contributed by atoms with Crippen LogP contribution in [0.4, 0.5) is 4.39 Å². The molecule has 0 aliphatic carbocycles. The van der Waals surface area contributed by atoms with Crippen LogP contribution in [0.1, 0.15) is 6.42 Å². The zero-order chi connectivity index (χ0) is 7.56. The average Bonchev–Trinajstić information content (AvgIpc) is 2.30. The first-order chi connectivity index (χ1) is 4.79. The first-order valence-electron chi connectivity index (χ1n) is 3.73. The first kappa shape index (κ1) is 7.95. The zero-order valence-corrected chi connectivity index (χ0v) is 6.60. The Kier molecular flexibility index (Phi) is 2.63. The number of rotatable bonds is 2. The molecule has 0 amide bonds. The van der Waals surface area contributed by atoms with Gasteiger partial charge < -0.3 is 5.32 Å². The third kappa shape index (κ3) is 1.30. The van der Waals surface area contributed by atoms with E-state index in [2.05, 4.69) is 10.2 Å². The standard InChI is InChI=1S/C7H15FN2/c1-9-6-3-4-10(2)7(6)5-8/h6-7,9H,3-5H2,1-2H3/t6-,7-/m1/s1. The molecule has 0 aromatic carbocycles. The van der Waals surface area contributed by atoms with E-state index in [0.29, 0.717) is 6.04 Å². The van der Waals surface area contributed by atoms with Crippen LogP contribution in [0.2, 0.25) is 0 Å². The maximum atomic E-state index is 12.3. The molecule has 1 fully saturated rings.